The minimum Gasteiger partial charge on any atom is -0.143 e. The first-order chi connectivity index (χ1) is 12.9. The van der Waals surface area contributed by atoms with Gasteiger partial charge in [0.15, 0.2) is 0 Å². The van der Waals surface area contributed by atoms with Crippen LogP contribution in [0.1, 0.15) is 11.1 Å². The maximum Gasteiger partial charge on any atom is 0.0449 e. The van der Waals surface area contributed by atoms with Crippen LogP contribution in [-0.2, 0) is 0 Å². The van der Waals surface area contributed by atoms with E-state index in [0.717, 1.165) is 0 Å². The number of hydrogen-bond acceptors (Lipinski definition) is 6. The lowest BCUT2D eigenvalue weighted by Crippen LogP contribution is -1.82. The lowest BCUT2D eigenvalue weighted by atomic mass is 10.3. The summed E-state index contributed by atoms with van der Waals surface area (Å²) in [6.07, 6.45) is 0. The van der Waals surface area contributed by atoms with Crippen molar-refractivity contribution >= 4 is 78.7 Å². The highest BCUT2D eigenvalue weighted by Crippen LogP contribution is 2.48. The van der Waals surface area contributed by atoms with Gasteiger partial charge in [-0.2, -0.15) is 0 Å². The fourth-order valence-electron chi connectivity index (χ4n) is 2.60. The standard InChI is InChI=1S/C20H12S6/c1-3-15(22-5-1)17-7-13(9-24-17)19-11-21-12-20(26-19)14-8-18(25-10-14)16-4-2-6-23-16/h1-12H. The van der Waals surface area contributed by atoms with Crippen LogP contribution < -0.4 is 0 Å². The van der Waals surface area contributed by atoms with Gasteiger partial charge in [-0.05, 0) is 56.6 Å². The topological polar surface area (TPSA) is 0 Å². The van der Waals surface area contributed by atoms with E-state index in [1.165, 1.54) is 40.4 Å². The van der Waals surface area contributed by atoms with Gasteiger partial charge in [0, 0.05) is 40.4 Å². The molecule has 0 nitrogen and oxygen atoms in total. The van der Waals surface area contributed by atoms with Gasteiger partial charge in [-0.3, -0.25) is 0 Å². The molecule has 0 radical (unpaired) electrons. The molecule has 0 saturated carbocycles. The second-order valence-electron chi connectivity index (χ2n) is 5.56. The first-order valence-electron chi connectivity index (χ1n) is 7.86. The lowest BCUT2D eigenvalue weighted by molar-refractivity contribution is 1.83. The maximum atomic E-state index is 2.32. The van der Waals surface area contributed by atoms with E-state index < -0.39 is 0 Å². The predicted molar refractivity (Wildman–Crippen MR) is 126 cm³/mol. The molecule has 4 aromatic rings. The average Bonchev–Trinajstić information content (AvgIpc) is 3.49. The molecule has 0 unspecified atom stereocenters. The fourth-order valence-corrected chi connectivity index (χ4v) is 8.27. The van der Waals surface area contributed by atoms with Crippen LogP contribution in [0.4, 0.5) is 0 Å². The monoisotopic (exact) mass is 444 g/mol. The zero-order valence-electron chi connectivity index (χ0n) is 13.4. The van der Waals surface area contributed by atoms with Crippen molar-refractivity contribution in [3.8, 4) is 19.5 Å². The molecule has 6 heteroatoms. The van der Waals surface area contributed by atoms with Crippen LogP contribution in [0, 0.1) is 0 Å². The summed E-state index contributed by atoms with van der Waals surface area (Å²) in [6.45, 7) is 0. The molecule has 0 bridgehead atoms. The zero-order valence-corrected chi connectivity index (χ0v) is 18.3. The van der Waals surface area contributed by atoms with E-state index in [1.807, 2.05) is 34.4 Å². The van der Waals surface area contributed by atoms with Gasteiger partial charge in [0.1, 0.15) is 0 Å². The van der Waals surface area contributed by atoms with Crippen molar-refractivity contribution in [3.05, 3.63) is 79.9 Å². The van der Waals surface area contributed by atoms with Crippen molar-refractivity contribution in [2.75, 3.05) is 0 Å². The van der Waals surface area contributed by atoms with Gasteiger partial charge in [0.05, 0.1) is 0 Å². The van der Waals surface area contributed by atoms with Crippen LogP contribution in [0.2, 0.25) is 0 Å². The van der Waals surface area contributed by atoms with Crippen molar-refractivity contribution < 1.29 is 0 Å². The molecular weight excluding hydrogens is 433 g/mol. The number of rotatable bonds is 4. The third kappa shape index (κ3) is 3.42. The Balaban J connectivity index is 1.37. The molecule has 0 N–H and O–H groups in total. The summed E-state index contributed by atoms with van der Waals surface area (Å²) in [5.41, 5.74) is 2.66. The average molecular weight is 445 g/mol. The van der Waals surface area contributed by atoms with E-state index in [0.29, 0.717) is 0 Å². The van der Waals surface area contributed by atoms with E-state index in [9.17, 15) is 0 Å². The first-order valence-corrected chi connectivity index (χ1v) is 13.1. The van der Waals surface area contributed by atoms with Crippen molar-refractivity contribution in [1.29, 1.82) is 0 Å². The maximum absolute atomic E-state index is 2.32. The molecule has 128 valence electrons. The molecule has 0 saturated heterocycles. The third-order valence-corrected chi connectivity index (χ3v) is 10.0. The molecule has 5 rings (SSSR count). The Labute approximate surface area is 176 Å². The van der Waals surface area contributed by atoms with Crippen LogP contribution in [0.3, 0.4) is 0 Å². The highest BCUT2D eigenvalue weighted by molar-refractivity contribution is 8.20. The van der Waals surface area contributed by atoms with E-state index in [1.54, 1.807) is 34.4 Å². The molecule has 4 aromatic heterocycles. The van der Waals surface area contributed by atoms with Crippen LogP contribution in [0.25, 0.3) is 29.3 Å². The molecule has 1 aliphatic rings. The minimum absolute atomic E-state index is 1.33. The van der Waals surface area contributed by atoms with E-state index >= 15 is 0 Å². The van der Waals surface area contributed by atoms with Gasteiger partial charge < -0.3 is 0 Å². The van der Waals surface area contributed by atoms with E-state index in [4.69, 9.17) is 0 Å². The van der Waals surface area contributed by atoms with Crippen molar-refractivity contribution in [1.82, 2.24) is 0 Å². The Morgan fingerprint density at radius 1 is 0.577 bits per heavy atom. The van der Waals surface area contributed by atoms with Gasteiger partial charge in [-0.25, -0.2) is 0 Å². The molecule has 0 amide bonds. The highest BCUT2D eigenvalue weighted by Gasteiger charge is 2.16. The zero-order chi connectivity index (χ0) is 17.3. The van der Waals surface area contributed by atoms with Crippen LogP contribution in [0.5, 0.6) is 0 Å². The Morgan fingerprint density at radius 3 is 1.58 bits per heavy atom. The van der Waals surface area contributed by atoms with Crippen LogP contribution >= 0.6 is 68.9 Å². The SMILES string of the molecule is C1=C(c2csc(-c3cccs3)c2)SC(c2csc(-c3cccs3)c2)=CS1. The van der Waals surface area contributed by atoms with Crippen molar-refractivity contribution in [2.45, 2.75) is 0 Å². The van der Waals surface area contributed by atoms with E-state index in [2.05, 4.69) is 68.7 Å². The third-order valence-electron chi connectivity index (χ3n) is 3.87. The molecule has 1 aliphatic heterocycles. The molecule has 0 atom stereocenters. The Bertz CT molecular complexity index is 987. The summed E-state index contributed by atoms with van der Waals surface area (Å²) in [4.78, 5) is 8.10. The second kappa shape index (κ2) is 7.54. The molecule has 0 spiro atoms. The summed E-state index contributed by atoms with van der Waals surface area (Å²) < 4.78 is 0. The summed E-state index contributed by atoms with van der Waals surface area (Å²) in [5.74, 6) is 0. The second-order valence-corrected chi connectivity index (χ2v) is 11.1. The minimum atomic E-state index is 1.33. The van der Waals surface area contributed by atoms with Crippen LogP contribution in [0.15, 0.2) is 68.7 Å². The first kappa shape index (κ1) is 17.1. The molecule has 0 aliphatic carbocycles. The molecule has 5 heterocycles. The summed E-state index contributed by atoms with van der Waals surface area (Å²) in [7, 11) is 0. The van der Waals surface area contributed by atoms with E-state index in [-0.39, 0.29) is 0 Å². The van der Waals surface area contributed by atoms with Crippen molar-refractivity contribution in [3.63, 3.8) is 0 Å². The van der Waals surface area contributed by atoms with Gasteiger partial charge >= 0.3 is 0 Å². The normalized spacial score (nSPS) is 14.3. The Morgan fingerprint density at radius 2 is 1.12 bits per heavy atom. The summed E-state index contributed by atoms with van der Waals surface area (Å²) >= 11 is 10.9. The predicted octanol–water partition coefficient (Wildman–Crippen LogP) is 9.04. The smallest absolute Gasteiger partial charge is 0.0449 e. The van der Waals surface area contributed by atoms with Crippen LogP contribution in [-0.4, -0.2) is 0 Å². The largest absolute Gasteiger partial charge is 0.143 e. The quantitative estimate of drug-likeness (QED) is 0.308. The van der Waals surface area contributed by atoms with Gasteiger partial charge in [-0.15, -0.1) is 57.1 Å². The Kier molecular flexibility index (Phi) is 4.96. The number of hydrogen-bond donors (Lipinski definition) is 0. The molecular formula is C20H12S6. The molecule has 26 heavy (non-hydrogen) atoms. The van der Waals surface area contributed by atoms with Gasteiger partial charge in [0.2, 0.25) is 0 Å². The van der Waals surface area contributed by atoms with Crippen molar-refractivity contribution in [2.24, 2.45) is 0 Å². The number of thioether (sulfide) groups is 2. The summed E-state index contributed by atoms with van der Waals surface area (Å²) in [5, 5.41) is 13.4. The van der Waals surface area contributed by atoms with Gasteiger partial charge in [-0.1, -0.05) is 23.9 Å². The number of thiophene rings is 4. The Hall–Kier alpha value is -1.02. The molecule has 0 fully saturated rings. The fraction of sp³-hybridized carbons (Fsp3) is 0. The lowest BCUT2D eigenvalue weighted by Gasteiger charge is -2.12. The van der Waals surface area contributed by atoms with Gasteiger partial charge in [0.25, 0.3) is 0 Å². The molecule has 0 aromatic carbocycles. The highest BCUT2D eigenvalue weighted by atomic mass is 32.2. The summed E-state index contributed by atoms with van der Waals surface area (Å²) in [6, 6.07) is 13.3.